The SMILES string of the molecule is CC(c1ccccc1)N(C(=O)C1(c2ccc(OS(C)(=O)=O)cc2)CC1)N1CCC(O)C1.Cl. The third kappa shape index (κ3) is 5.09. The Hall–Kier alpha value is -2.13. The normalized spacial score (nSPS) is 20.8. The summed E-state index contributed by atoms with van der Waals surface area (Å²) in [6.45, 7) is 3.07. The van der Waals surface area contributed by atoms with Crippen molar-refractivity contribution in [1.82, 2.24) is 10.0 Å². The van der Waals surface area contributed by atoms with Crippen molar-refractivity contribution in [2.24, 2.45) is 0 Å². The molecular weight excluding hydrogens is 452 g/mol. The van der Waals surface area contributed by atoms with Gasteiger partial charge in [0, 0.05) is 13.1 Å². The fourth-order valence-electron chi connectivity index (χ4n) is 4.32. The molecule has 2 aromatic rings. The highest BCUT2D eigenvalue weighted by atomic mass is 35.5. The molecule has 32 heavy (non-hydrogen) atoms. The number of carbonyl (C=O) groups excluding carboxylic acids is 1. The van der Waals surface area contributed by atoms with Crippen molar-refractivity contribution >= 4 is 28.4 Å². The first kappa shape index (κ1) is 24.5. The average Bonchev–Trinajstić information content (AvgIpc) is 3.44. The van der Waals surface area contributed by atoms with E-state index < -0.39 is 21.6 Å². The van der Waals surface area contributed by atoms with Gasteiger partial charge in [-0.15, -0.1) is 12.4 Å². The molecule has 0 bridgehead atoms. The zero-order chi connectivity index (χ0) is 22.2. The van der Waals surface area contributed by atoms with E-state index in [1.54, 1.807) is 24.3 Å². The predicted molar refractivity (Wildman–Crippen MR) is 124 cm³/mol. The van der Waals surface area contributed by atoms with Crippen LogP contribution in [0.3, 0.4) is 0 Å². The minimum absolute atomic E-state index is 0. The van der Waals surface area contributed by atoms with Gasteiger partial charge in [0.25, 0.3) is 0 Å². The van der Waals surface area contributed by atoms with Crippen LogP contribution in [0.1, 0.15) is 43.4 Å². The summed E-state index contributed by atoms with van der Waals surface area (Å²) in [5.74, 6) is 0.237. The second-order valence-corrected chi connectivity index (χ2v) is 10.1. The Labute approximate surface area is 195 Å². The summed E-state index contributed by atoms with van der Waals surface area (Å²) in [5, 5.41) is 13.9. The number of β-amino-alcohol motifs (C(OH)–C–C–N with tert-alkyl or cyclic N) is 1. The number of hydrogen-bond acceptors (Lipinski definition) is 6. The van der Waals surface area contributed by atoms with Gasteiger partial charge in [0.1, 0.15) is 5.75 Å². The second kappa shape index (κ2) is 9.39. The van der Waals surface area contributed by atoms with Gasteiger partial charge in [0.2, 0.25) is 5.91 Å². The molecule has 9 heteroatoms. The first-order chi connectivity index (χ1) is 14.7. The van der Waals surface area contributed by atoms with Crippen molar-refractivity contribution in [3.05, 3.63) is 65.7 Å². The van der Waals surface area contributed by atoms with Crippen LogP contribution >= 0.6 is 12.4 Å². The van der Waals surface area contributed by atoms with E-state index in [4.69, 9.17) is 4.18 Å². The van der Waals surface area contributed by atoms with Crippen LogP contribution in [-0.2, 0) is 20.3 Å². The molecule has 1 aliphatic carbocycles. The molecule has 1 N–H and O–H groups in total. The second-order valence-electron chi connectivity index (χ2n) is 8.49. The fourth-order valence-corrected chi connectivity index (χ4v) is 4.78. The third-order valence-electron chi connectivity index (χ3n) is 6.12. The minimum Gasteiger partial charge on any atom is -0.392 e. The van der Waals surface area contributed by atoms with E-state index >= 15 is 0 Å². The number of halogens is 1. The van der Waals surface area contributed by atoms with Gasteiger partial charge < -0.3 is 9.29 Å². The molecule has 1 heterocycles. The summed E-state index contributed by atoms with van der Waals surface area (Å²) in [6.07, 6.45) is 2.65. The van der Waals surface area contributed by atoms with Crippen LogP contribution in [0.25, 0.3) is 0 Å². The number of hydrazine groups is 1. The first-order valence-corrected chi connectivity index (χ1v) is 12.3. The van der Waals surface area contributed by atoms with Crippen LogP contribution in [0.4, 0.5) is 0 Å². The lowest BCUT2D eigenvalue weighted by Crippen LogP contribution is -2.51. The molecule has 2 unspecified atom stereocenters. The van der Waals surface area contributed by atoms with Crippen molar-refractivity contribution in [2.75, 3.05) is 19.3 Å². The maximum atomic E-state index is 13.9. The van der Waals surface area contributed by atoms with Gasteiger partial charge in [-0.1, -0.05) is 42.5 Å². The highest BCUT2D eigenvalue weighted by molar-refractivity contribution is 7.86. The number of aliphatic hydroxyl groups excluding tert-OH is 1. The van der Waals surface area contributed by atoms with E-state index in [0.29, 0.717) is 19.5 Å². The lowest BCUT2D eigenvalue weighted by molar-refractivity contribution is -0.156. The largest absolute Gasteiger partial charge is 0.392 e. The average molecular weight is 481 g/mol. The van der Waals surface area contributed by atoms with Crippen LogP contribution in [0.2, 0.25) is 0 Å². The Morgan fingerprint density at radius 3 is 2.28 bits per heavy atom. The lowest BCUT2D eigenvalue weighted by Gasteiger charge is -2.39. The van der Waals surface area contributed by atoms with Gasteiger partial charge >= 0.3 is 10.1 Å². The summed E-state index contributed by atoms with van der Waals surface area (Å²) in [4.78, 5) is 13.9. The fraction of sp³-hybridized carbons (Fsp3) is 0.435. The minimum atomic E-state index is -3.60. The van der Waals surface area contributed by atoms with Crippen molar-refractivity contribution in [1.29, 1.82) is 0 Å². The molecule has 0 spiro atoms. The summed E-state index contributed by atoms with van der Waals surface area (Å²) in [6, 6.07) is 16.4. The number of hydrogen-bond donors (Lipinski definition) is 1. The van der Waals surface area contributed by atoms with Crippen LogP contribution in [0.15, 0.2) is 54.6 Å². The summed E-state index contributed by atoms with van der Waals surface area (Å²) in [5.41, 5.74) is 1.24. The number of aliphatic hydroxyl groups is 1. The molecule has 0 radical (unpaired) electrons. The van der Waals surface area contributed by atoms with Gasteiger partial charge in [-0.2, -0.15) is 8.42 Å². The maximum Gasteiger partial charge on any atom is 0.306 e. The molecule has 1 aliphatic heterocycles. The molecule has 0 aromatic heterocycles. The molecule has 1 amide bonds. The summed E-state index contributed by atoms with van der Waals surface area (Å²) in [7, 11) is -3.60. The Morgan fingerprint density at radius 2 is 1.78 bits per heavy atom. The topological polar surface area (TPSA) is 87.2 Å². The highest BCUT2D eigenvalue weighted by Gasteiger charge is 2.55. The Kier molecular flexibility index (Phi) is 7.19. The number of rotatable bonds is 7. The lowest BCUT2D eigenvalue weighted by atomic mass is 9.93. The molecule has 2 fully saturated rings. The van der Waals surface area contributed by atoms with E-state index in [1.165, 1.54) is 0 Å². The number of amides is 1. The maximum absolute atomic E-state index is 13.9. The van der Waals surface area contributed by atoms with E-state index in [0.717, 1.165) is 30.2 Å². The highest BCUT2D eigenvalue weighted by Crippen LogP contribution is 2.51. The Bertz CT molecular complexity index is 1040. The first-order valence-electron chi connectivity index (χ1n) is 10.5. The van der Waals surface area contributed by atoms with Crippen molar-refractivity contribution < 1.29 is 22.5 Å². The summed E-state index contributed by atoms with van der Waals surface area (Å²) < 4.78 is 27.7. The quantitative estimate of drug-likeness (QED) is 0.613. The molecule has 1 saturated carbocycles. The van der Waals surface area contributed by atoms with Crippen LogP contribution in [-0.4, -0.2) is 54.9 Å². The van der Waals surface area contributed by atoms with Crippen LogP contribution in [0, 0.1) is 0 Å². The number of benzene rings is 2. The number of nitrogens with zero attached hydrogens (tertiary/aromatic N) is 2. The van der Waals surface area contributed by atoms with Crippen molar-refractivity contribution in [2.45, 2.75) is 43.7 Å². The Morgan fingerprint density at radius 1 is 1.16 bits per heavy atom. The van der Waals surface area contributed by atoms with Gasteiger partial charge in [-0.25, -0.2) is 5.01 Å². The zero-order valence-corrected chi connectivity index (χ0v) is 19.8. The van der Waals surface area contributed by atoms with Crippen molar-refractivity contribution in [3.8, 4) is 5.75 Å². The molecule has 2 aliphatic rings. The Balaban J connectivity index is 0.00000289. The third-order valence-corrected chi connectivity index (χ3v) is 6.61. The molecule has 174 valence electrons. The zero-order valence-electron chi connectivity index (χ0n) is 18.2. The summed E-state index contributed by atoms with van der Waals surface area (Å²) >= 11 is 0. The van der Waals surface area contributed by atoms with Gasteiger partial charge in [-0.3, -0.25) is 9.80 Å². The predicted octanol–water partition coefficient (Wildman–Crippen LogP) is 3.05. The van der Waals surface area contributed by atoms with Crippen LogP contribution in [0.5, 0.6) is 5.75 Å². The molecule has 4 rings (SSSR count). The standard InChI is InChI=1S/C23H28N2O5S.ClH/c1-17(18-6-4-3-5-7-18)25(24-15-12-20(26)16-24)22(27)23(13-14-23)19-8-10-21(11-9-19)30-31(2,28)29;/h3-11,17,20,26H,12-16H2,1-2H3;1H. The smallest absolute Gasteiger partial charge is 0.306 e. The van der Waals surface area contributed by atoms with E-state index in [2.05, 4.69) is 0 Å². The molecule has 1 saturated heterocycles. The molecule has 2 atom stereocenters. The van der Waals surface area contributed by atoms with Gasteiger partial charge in [-0.05, 0) is 49.4 Å². The number of carbonyl (C=O) groups is 1. The molecule has 2 aromatic carbocycles. The van der Waals surface area contributed by atoms with Crippen molar-refractivity contribution in [3.63, 3.8) is 0 Å². The van der Waals surface area contributed by atoms with E-state index in [9.17, 15) is 18.3 Å². The molecule has 7 nitrogen and oxygen atoms in total. The van der Waals surface area contributed by atoms with Crippen LogP contribution < -0.4 is 4.18 Å². The molecular formula is C23H29ClN2O5S. The van der Waals surface area contributed by atoms with Gasteiger partial charge in [0.15, 0.2) is 0 Å². The van der Waals surface area contributed by atoms with E-state index in [-0.39, 0.29) is 30.1 Å². The monoisotopic (exact) mass is 480 g/mol. The van der Waals surface area contributed by atoms with E-state index in [1.807, 2.05) is 47.3 Å². The van der Waals surface area contributed by atoms with Gasteiger partial charge in [0.05, 0.1) is 23.8 Å².